The molecule has 21 heavy (non-hydrogen) atoms. The third-order valence-corrected chi connectivity index (χ3v) is 4.36. The Hall–Kier alpha value is -0.0800. The Labute approximate surface area is 133 Å². The zero-order valence-electron chi connectivity index (χ0n) is 14.7. The molecule has 0 rings (SSSR count). The lowest BCUT2D eigenvalue weighted by atomic mass is 10.0. The van der Waals surface area contributed by atoms with E-state index in [9.17, 15) is 10.2 Å². The van der Waals surface area contributed by atoms with Crippen molar-refractivity contribution in [1.82, 2.24) is 0 Å². The number of aliphatic hydroxyl groups is 2. The first kappa shape index (κ1) is 20.9. The summed E-state index contributed by atoms with van der Waals surface area (Å²) in [6.45, 7) is 4.39. The van der Waals surface area contributed by atoms with Crippen molar-refractivity contribution in [3.63, 3.8) is 0 Å². The van der Waals surface area contributed by atoms with Crippen LogP contribution in [0.25, 0.3) is 0 Å². The molecule has 0 aromatic rings. The predicted molar refractivity (Wildman–Crippen MR) is 92.6 cm³/mol. The Morgan fingerprint density at radius 2 is 0.810 bits per heavy atom. The third-order valence-electron chi connectivity index (χ3n) is 4.36. The van der Waals surface area contributed by atoms with E-state index in [1.54, 1.807) is 0 Å². The fourth-order valence-corrected chi connectivity index (χ4v) is 2.83. The van der Waals surface area contributed by atoms with Crippen LogP contribution in [0.5, 0.6) is 0 Å². The van der Waals surface area contributed by atoms with Crippen molar-refractivity contribution < 1.29 is 10.2 Å². The maximum atomic E-state index is 9.87. The van der Waals surface area contributed by atoms with E-state index in [0.717, 1.165) is 44.9 Å². The van der Waals surface area contributed by atoms with Gasteiger partial charge in [0.1, 0.15) is 0 Å². The molecule has 2 atom stereocenters. The summed E-state index contributed by atoms with van der Waals surface area (Å²) in [5.74, 6) is 0. The van der Waals surface area contributed by atoms with Gasteiger partial charge in [-0.15, -0.1) is 0 Å². The smallest absolute Gasteiger partial charge is 0.0540 e. The normalized spacial score (nSPS) is 14.3. The van der Waals surface area contributed by atoms with Gasteiger partial charge in [-0.25, -0.2) is 0 Å². The van der Waals surface area contributed by atoms with E-state index >= 15 is 0 Å². The van der Waals surface area contributed by atoms with Crippen LogP contribution in [-0.4, -0.2) is 22.4 Å². The Morgan fingerprint density at radius 1 is 0.476 bits per heavy atom. The van der Waals surface area contributed by atoms with E-state index in [2.05, 4.69) is 13.8 Å². The average Bonchev–Trinajstić information content (AvgIpc) is 2.48. The first-order valence-electron chi connectivity index (χ1n) is 9.56. The van der Waals surface area contributed by atoms with Gasteiger partial charge >= 0.3 is 0 Å². The van der Waals surface area contributed by atoms with Crippen LogP contribution in [0.4, 0.5) is 0 Å². The molecular weight excluding hydrogens is 260 g/mol. The predicted octanol–water partition coefficient (Wildman–Crippen LogP) is 5.60. The summed E-state index contributed by atoms with van der Waals surface area (Å²) in [7, 11) is 0. The number of hydrogen-bond acceptors (Lipinski definition) is 2. The maximum absolute atomic E-state index is 9.87. The summed E-state index contributed by atoms with van der Waals surface area (Å²) >= 11 is 0. The van der Waals surface area contributed by atoms with E-state index in [4.69, 9.17) is 0 Å². The van der Waals surface area contributed by atoms with Crippen molar-refractivity contribution in [3.05, 3.63) is 0 Å². The van der Waals surface area contributed by atoms with Gasteiger partial charge in [-0.1, -0.05) is 84.5 Å². The summed E-state index contributed by atoms with van der Waals surface area (Å²) < 4.78 is 0. The van der Waals surface area contributed by atoms with Crippen molar-refractivity contribution in [2.45, 2.75) is 122 Å². The average molecular weight is 301 g/mol. The lowest BCUT2D eigenvalue weighted by Gasteiger charge is -2.11. The fraction of sp³-hybridized carbons (Fsp3) is 1.00. The largest absolute Gasteiger partial charge is 0.393 e. The summed E-state index contributed by atoms with van der Waals surface area (Å²) in [6, 6.07) is 0. The highest BCUT2D eigenvalue weighted by molar-refractivity contribution is 4.59. The minimum Gasteiger partial charge on any atom is -0.393 e. The minimum absolute atomic E-state index is 0.0716. The second-order valence-corrected chi connectivity index (χ2v) is 6.64. The molecule has 0 heterocycles. The highest BCUT2D eigenvalue weighted by Crippen LogP contribution is 2.14. The Morgan fingerprint density at radius 3 is 1.24 bits per heavy atom. The first-order chi connectivity index (χ1) is 10.2. The SMILES string of the molecule is CCCCCCC(O)CCCCCCCC(O)CCCC. The Balaban J connectivity index is 3.20. The zero-order chi connectivity index (χ0) is 15.8. The van der Waals surface area contributed by atoms with Crippen LogP contribution in [0, 0.1) is 0 Å². The van der Waals surface area contributed by atoms with Crippen LogP contribution in [0.3, 0.4) is 0 Å². The lowest BCUT2D eigenvalue weighted by Crippen LogP contribution is -2.06. The van der Waals surface area contributed by atoms with Crippen molar-refractivity contribution >= 4 is 0 Å². The molecule has 0 bridgehead atoms. The highest BCUT2D eigenvalue weighted by Gasteiger charge is 2.04. The van der Waals surface area contributed by atoms with E-state index < -0.39 is 0 Å². The van der Waals surface area contributed by atoms with Gasteiger partial charge in [0.2, 0.25) is 0 Å². The lowest BCUT2D eigenvalue weighted by molar-refractivity contribution is 0.145. The Kier molecular flexibility index (Phi) is 16.2. The van der Waals surface area contributed by atoms with Gasteiger partial charge < -0.3 is 10.2 Å². The summed E-state index contributed by atoms with van der Waals surface area (Å²) in [5, 5.41) is 19.6. The molecule has 2 unspecified atom stereocenters. The molecule has 0 aliphatic heterocycles. The van der Waals surface area contributed by atoms with Crippen molar-refractivity contribution in [2.24, 2.45) is 0 Å². The second-order valence-electron chi connectivity index (χ2n) is 6.64. The molecule has 0 fully saturated rings. The quantitative estimate of drug-likeness (QED) is 0.364. The summed E-state index contributed by atoms with van der Waals surface area (Å²) in [4.78, 5) is 0. The molecule has 0 aliphatic rings. The number of aliphatic hydroxyl groups excluding tert-OH is 2. The molecule has 2 heteroatoms. The molecule has 128 valence electrons. The van der Waals surface area contributed by atoms with Crippen LogP contribution in [0.1, 0.15) is 110 Å². The molecule has 0 aromatic heterocycles. The molecule has 0 spiro atoms. The van der Waals surface area contributed by atoms with E-state index in [-0.39, 0.29) is 12.2 Å². The first-order valence-corrected chi connectivity index (χ1v) is 9.56. The van der Waals surface area contributed by atoms with Gasteiger partial charge in [0.25, 0.3) is 0 Å². The second kappa shape index (κ2) is 16.3. The number of hydrogen-bond donors (Lipinski definition) is 2. The molecule has 0 aromatic carbocycles. The molecule has 0 aliphatic carbocycles. The molecule has 0 saturated carbocycles. The van der Waals surface area contributed by atoms with E-state index in [1.807, 2.05) is 0 Å². The van der Waals surface area contributed by atoms with E-state index in [1.165, 1.54) is 51.4 Å². The van der Waals surface area contributed by atoms with Crippen LogP contribution in [0.2, 0.25) is 0 Å². The third kappa shape index (κ3) is 16.1. The monoisotopic (exact) mass is 300 g/mol. The van der Waals surface area contributed by atoms with E-state index in [0.29, 0.717) is 0 Å². The summed E-state index contributed by atoms with van der Waals surface area (Å²) in [6.07, 6.45) is 17.2. The zero-order valence-corrected chi connectivity index (χ0v) is 14.7. The van der Waals surface area contributed by atoms with Crippen LogP contribution >= 0.6 is 0 Å². The number of rotatable bonds is 16. The molecule has 2 nitrogen and oxygen atoms in total. The van der Waals surface area contributed by atoms with Crippen molar-refractivity contribution in [3.8, 4) is 0 Å². The Bertz CT molecular complexity index is 194. The molecular formula is C19H40O2. The maximum Gasteiger partial charge on any atom is 0.0540 e. The van der Waals surface area contributed by atoms with Crippen LogP contribution in [-0.2, 0) is 0 Å². The van der Waals surface area contributed by atoms with Gasteiger partial charge in [0, 0.05) is 0 Å². The van der Waals surface area contributed by atoms with Crippen LogP contribution in [0.15, 0.2) is 0 Å². The fourth-order valence-electron chi connectivity index (χ4n) is 2.83. The molecule has 2 N–H and O–H groups in total. The standard InChI is InChI=1S/C19H40O2/c1-3-5-7-11-15-19(21)17-13-10-8-9-12-16-18(20)14-6-4-2/h18-21H,3-17H2,1-2H3. The van der Waals surface area contributed by atoms with Crippen molar-refractivity contribution in [2.75, 3.05) is 0 Å². The topological polar surface area (TPSA) is 40.5 Å². The van der Waals surface area contributed by atoms with Crippen molar-refractivity contribution in [1.29, 1.82) is 0 Å². The van der Waals surface area contributed by atoms with Gasteiger partial charge in [-0.3, -0.25) is 0 Å². The minimum atomic E-state index is -0.0742. The van der Waals surface area contributed by atoms with Gasteiger partial charge in [0.15, 0.2) is 0 Å². The van der Waals surface area contributed by atoms with Gasteiger partial charge in [-0.2, -0.15) is 0 Å². The molecule has 0 radical (unpaired) electrons. The van der Waals surface area contributed by atoms with Gasteiger partial charge in [-0.05, 0) is 25.7 Å². The highest BCUT2D eigenvalue weighted by atomic mass is 16.3. The van der Waals surface area contributed by atoms with Crippen LogP contribution < -0.4 is 0 Å². The van der Waals surface area contributed by atoms with Gasteiger partial charge in [0.05, 0.1) is 12.2 Å². The molecule has 0 saturated heterocycles. The number of unbranched alkanes of at least 4 members (excludes halogenated alkanes) is 8. The molecule has 0 amide bonds. The summed E-state index contributed by atoms with van der Waals surface area (Å²) in [5.41, 5.74) is 0.